The summed E-state index contributed by atoms with van der Waals surface area (Å²) in [6, 6.07) is 22.1. The molecule has 0 aliphatic heterocycles. The van der Waals surface area contributed by atoms with Gasteiger partial charge in [0.25, 0.3) is 0 Å². The lowest BCUT2D eigenvalue weighted by molar-refractivity contribution is -0.0893. The molecule has 0 saturated heterocycles. The SMILES string of the molecule is CC(C)(O)C(C)(C)O[B]c1cccc2oc3c(ccc4cc(-c5ccccc5)oc43)c12. The Morgan fingerprint density at radius 3 is 2.35 bits per heavy atom. The van der Waals surface area contributed by atoms with E-state index in [1.807, 2.05) is 68.4 Å². The van der Waals surface area contributed by atoms with Gasteiger partial charge < -0.3 is 18.6 Å². The van der Waals surface area contributed by atoms with Gasteiger partial charge in [0.2, 0.25) is 0 Å². The summed E-state index contributed by atoms with van der Waals surface area (Å²) < 4.78 is 18.5. The van der Waals surface area contributed by atoms with E-state index in [0.717, 1.165) is 49.7 Å². The smallest absolute Gasteiger partial charge is 0.331 e. The van der Waals surface area contributed by atoms with E-state index in [-0.39, 0.29) is 0 Å². The average Bonchev–Trinajstić information content (AvgIpc) is 3.33. The highest BCUT2D eigenvalue weighted by Crippen LogP contribution is 2.37. The van der Waals surface area contributed by atoms with Crippen LogP contribution in [0.2, 0.25) is 0 Å². The second-order valence-electron chi connectivity index (χ2n) is 8.96. The van der Waals surface area contributed by atoms with Crippen LogP contribution in [0, 0.1) is 0 Å². The molecule has 0 amide bonds. The third kappa shape index (κ3) is 3.34. The highest BCUT2D eigenvalue weighted by molar-refractivity contribution is 6.53. The fourth-order valence-corrected chi connectivity index (χ4v) is 3.60. The fraction of sp³-hybridized carbons (Fsp3) is 0.231. The van der Waals surface area contributed by atoms with Crippen molar-refractivity contribution in [1.82, 2.24) is 0 Å². The molecule has 1 radical (unpaired) electrons. The summed E-state index contributed by atoms with van der Waals surface area (Å²) in [7, 11) is 1.71. The normalized spacial score (nSPS) is 12.8. The van der Waals surface area contributed by atoms with Crippen LogP contribution in [-0.2, 0) is 4.65 Å². The van der Waals surface area contributed by atoms with Crippen LogP contribution in [0.15, 0.2) is 75.6 Å². The van der Waals surface area contributed by atoms with E-state index in [0.29, 0.717) is 0 Å². The van der Waals surface area contributed by atoms with E-state index in [1.165, 1.54) is 0 Å². The largest absolute Gasteiger partial charge is 0.452 e. The van der Waals surface area contributed by atoms with Gasteiger partial charge in [-0.25, -0.2) is 0 Å². The maximum atomic E-state index is 10.4. The Balaban J connectivity index is 1.62. The summed E-state index contributed by atoms with van der Waals surface area (Å²) in [5.41, 5.74) is 2.38. The first-order valence-corrected chi connectivity index (χ1v) is 10.4. The molecule has 3 aromatic carbocycles. The van der Waals surface area contributed by atoms with Crippen LogP contribution in [0.4, 0.5) is 0 Å². The predicted octanol–water partition coefficient (Wildman–Crippen LogP) is 5.81. The molecular weight excluding hydrogens is 387 g/mol. The average molecular weight is 411 g/mol. The molecule has 0 spiro atoms. The molecule has 2 aromatic heterocycles. The molecule has 0 aliphatic carbocycles. The molecular formula is C26H24BO4. The lowest BCUT2D eigenvalue weighted by Crippen LogP contribution is -2.49. The lowest BCUT2D eigenvalue weighted by atomic mass is 9.80. The summed E-state index contributed by atoms with van der Waals surface area (Å²) in [6.45, 7) is 7.22. The molecule has 0 saturated carbocycles. The first-order valence-electron chi connectivity index (χ1n) is 10.4. The molecule has 0 atom stereocenters. The lowest BCUT2D eigenvalue weighted by Gasteiger charge is -2.37. The molecule has 0 fully saturated rings. The zero-order chi connectivity index (χ0) is 21.8. The molecule has 1 N–H and O–H groups in total. The number of hydrogen-bond acceptors (Lipinski definition) is 4. The van der Waals surface area contributed by atoms with Crippen molar-refractivity contribution in [3.63, 3.8) is 0 Å². The van der Waals surface area contributed by atoms with Gasteiger partial charge in [0.05, 0.1) is 11.2 Å². The first kappa shape index (κ1) is 19.9. The maximum Gasteiger partial charge on any atom is 0.331 e. The molecule has 0 aliphatic rings. The number of furan rings is 2. The van der Waals surface area contributed by atoms with Crippen LogP contribution in [0.5, 0.6) is 0 Å². The van der Waals surface area contributed by atoms with E-state index in [1.54, 1.807) is 21.3 Å². The van der Waals surface area contributed by atoms with Gasteiger partial charge in [-0.1, -0.05) is 48.5 Å². The van der Waals surface area contributed by atoms with E-state index in [4.69, 9.17) is 13.5 Å². The monoisotopic (exact) mass is 411 g/mol. The third-order valence-electron chi connectivity index (χ3n) is 6.19. The molecule has 2 heterocycles. The van der Waals surface area contributed by atoms with Crippen molar-refractivity contribution < 1.29 is 18.6 Å². The van der Waals surface area contributed by atoms with Crippen molar-refractivity contribution in [2.75, 3.05) is 0 Å². The van der Waals surface area contributed by atoms with Gasteiger partial charge in [-0.3, -0.25) is 0 Å². The third-order valence-corrected chi connectivity index (χ3v) is 6.19. The summed E-state index contributed by atoms with van der Waals surface area (Å²) >= 11 is 0. The number of hydrogen-bond donors (Lipinski definition) is 1. The van der Waals surface area contributed by atoms with E-state index in [2.05, 4.69) is 12.1 Å². The Morgan fingerprint density at radius 2 is 1.61 bits per heavy atom. The Hall–Kier alpha value is -3.02. The first-order chi connectivity index (χ1) is 14.7. The van der Waals surface area contributed by atoms with Gasteiger partial charge in [-0.05, 0) is 51.4 Å². The quantitative estimate of drug-likeness (QED) is 0.371. The van der Waals surface area contributed by atoms with E-state index in [9.17, 15) is 5.11 Å². The summed E-state index contributed by atoms with van der Waals surface area (Å²) in [4.78, 5) is 0. The molecule has 4 nitrogen and oxygen atoms in total. The topological polar surface area (TPSA) is 55.7 Å². The number of benzene rings is 3. The van der Waals surface area contributed by atoms with Crippen molar-refractivity contribution in [2.24, 2.45) is 0 Å². The second-order valence-corrected chi connectivity index (χ2v) is 8.96. The van der Waals surface area contributed by atoms with E-state index < -0.39 is 11.2 Å². The van der Waals surface area contributed by atoms with Crippen molar-refractivity contribution in [1.29, 1.82) is 0 Å². The number of fused-ring (bicyclic) bond motifs is 5. The summed E-state index contributed by atoms with van der Waals surface area (Å²) in [5, 5.41) is 13.3. The number of aliphatic hydroxyl groups is 1. The van der Waals surface area contributed by atoms with Gasteiger partial charge >= 0.3 is 7.48 Å². The standard InChI is InChI=1S/C26H24BO4/c1-25(2,28)26(3,4)31-27-19-11-8-12-20-22(19)18-14-13-17-15-21(16-9-6-5-7-10-16)30-23(17)24(18)29-20/h5-15,28H,1-4H3. The van der Waals surface area contributed by atoms with Gasteiger partial charge in [0.1, 0.15) is 11.3 Å². The Morgan fingerprint density at radius 1 is 0.839 bits per heavy atom. The zero-order valence-electron chi connectivity index (χ0n) is 18.1. The molecule has 5 rings (SSSR count). The van der Waals surface area contributed by atoms with Crippen LogP contribution >= 0.6 is 0 Å². The molecule has 0 bridgehead atoms. The molecule has 5 aromatic rings. The van der Waals surface area contributed by atoms with Crippen LogP contribution in [-0.4, -0.2) is 23.8 Å². The minimum Gasteiger partial charge on any atom is -0.452 e. The predicted molar refractivity (Wildman–Crippen MR) is 126 cm³/mol. The minimum absolute atomic E-state index is 0.720. The summed E-state index contributed by atoms with van der Waals surface area (Å²) in [5.74, 6) is 0.811. The highest BCUT2D eigenvalue weighted by atomic mass is 16.5. The van der Waals surface area contributed by atoms with Crippen molar-refractivity contribution in [2.45, 2.75) is 38.9 Å². The van der Waals surface area contributed by atoms with E-state index >= 15 is 0 Å². The Bertz CT molecular complexity index is 1390. The molecule has 155 valence electrons. The number of rotatable bonds is 5. The van der Waals surface area contributed by atoms with Crippen molar-refractivity contribution in [3.8, 4) is 11.3 Å². The minimum atomic E-state index is -0.996. The fourth-order valence-electron chi connectivity index (χ4n) is 3.60. The van der Waals surface area contributed by atoms with Crippen LogP contribution in [0.3, 0.4) is 0 Å². The summed E-state index contributed by atoms with van der Waals surface area (Å²) in [6.07, 6.45) is 0. The van der Waals surface area contributed by atoms with Gasteiger partial charge in [0, 0.05) is 21.7 Å². The van der Waals surface area contributed by atoms with Crippen LogP contribution < -0.4 is 5.46 Å². The Labute approximate surface area is 181 Å². The Kier molecular flexibility index (Phi) is 4.50. The second kappa shape index (κ2) is 7.01. The molecule has 0 unspecified atom stereocenters. The zero-order valence-corrected chi connectivity index (χ0v) is 18.1. The van der Waals surface area contributed by atoms with Crippen LogP contribution in [0.25, 0.3) is 44.2 Å². The van der Waals surface area contributed by atoms with Crippen molar-refractivity contribution >= 4 is 45.9 Å². The van der Waals surface area contributed by atoms with Gasteiger partial charge in [-0.2, -0.15) is 0 Å². The molecule has 5 heteroatoms. The molecule has 31 heavy (non-hydrogen) atoms. The van der Waals surface area contributed by atoms with Crippen molar-refractivity contribution in [3.05, 3.63) is 66.7 Å². The van der Waals surface area contributed by atoms with Gasteiger partial charge in [0.15, 0.2) is 11.2 Å². The maximum absolute atomic E-state index is 10.4. The van der Waals surface area contributed by atoms with Crippen LogP contribution in [0.1, 0.15) is 27.7 Å². The highest BCUT2D eigenvalue weighted by Gasteiger charge is 2.36. The van der Waals surface area contributed by atoms with Gasteiger partial charge in [-0.15, -0.1) is 0 Å².